The fourth-order valence-corrected chi connectivity index (χ4v) is 2.31. The zero-order valence-corrected chi connectivity index (χ0v) is 12.7. The van der Waals surface area contributed by atoms with Gasteiger partial charge in [0.2, 0.25) is 0 Å². The molecule has 0 unspecified atom stereocenters. The smallest absolute Gasteiger partial charge is 0.138 e. The van der Waals surface area contributed by atoms with Gasteiger partial charge >= 0.3 is 0 Å². The molecule has 2 N–H and O–H groups in total. The fraction of sp³-hybridized carbons (Fsp3) is 0.118. The normalized spacial score (nSPS) is 10.1. The Balaban J connectivity index is 1.67. The van der Waals surface area contributed by atoms with Gasteiger partial charge in [0.05, 0.1) is 24.2 Å². The van der Waals surface area contributed by atoms with Crippen molar-refractivity contribution < 1.29 is 4.74 Å². The van der Waals surface area contributed by atoms with E-state index in [4.69, 9.17) is 16.3 Å². The highest BCUT2D eigenvalue weighted by Crippen LogP contribution is 2.24. The fourth-order valence-electron chi connectivity index (χ4n) is 2.06. The number of hydrogen-bond acceptors (Lipinski definition) is 3. The lowest BCUT2D eigenvalue weighted by atomic mass is 10.2. The van der Waals surface area contributed by atoms with Crippen molar-refractivity contribution in [2.45, 2.75) is 0 Å². The first kappa shape index (κ1) is 14.3. The molecule has 0 fully saturated rings. The van der Waals surface area contributed by atoms with E-state index in [1.165, 1.54) is 0 Å². The number of benzene rings is 1. The molecule has 3 rings (SSSR count). The first-order valence-electron chi connectivity index (χ1n) is 6.76. The van der Waals surface area contributed by atoms with E-state index in [-0.39, 0.29) is 0 Å². The van der Waals surface area contributed by atoms with Gasteiger partial charge in [-0.2, -0.15) is 0 Å². The molecule has 0 atom stereocenters. The van der Waals surface area contributed by atoms with Crippen LogP contribution < -0.4 is 10.1 Å². The summed E-state index contributed by atoms with van der Waals surface area (Å²) in [7, 11) is 1.65. The number of rotatable bonds is 3. The molecule has 0 saturated heterocycles. The van der Waals surface area contributed by atoms with Crippen molar-refractivity contribution in [1.82, 2.24) is 9.97 Å². The lowest BCUT2D eigenvalue weighted by molar-refractivity contribution is 0.415. The topological polar surface area (TPSA) is 49.9 Å². The van der Waals surface area contributed by atoms with Crippen molar-refractivity contribution >= 4 is 28.3 Å². The number of pyridine rings is 1. The van der Waals surface area contributed by atoms with Crippen LogP contribution in [0.25, 0.3) is 11.0 Å². The summed E-state index contributed by atoms with van der Waals surface area (Å²) in [4.78, 5) is 7.30. The Labute approximate surface area is 133 Å². The summed E-state index contributed by atoms with van der Waals surface area (Å²) >= 11 is 6.32. The molecule has 0 amide bonds. The lowest BCUT2D eigenvalue weighted by Crippen LogP contribution is -1.98. The third-order valence-corrected chi connectivity index (χ3v) is 3.62. The van der Waals surface area contributed by atoms with Crippen LogP contribution in [0.3, 0.4) is 0 Å². The minimum atomic E-state index is 0.522. The number of H-pyrrole nitrogens is 1. The highest BCUT2D eigenvalue weighted by molar-refractivity contribution is 6.36. The second-order valence-corrected chi connectivity index (χ2v) is 4.99. The lowest BCUT2D eigenvalue weighted by Gasteiger charge is -2.03. The molecule has 0 saturated carbocycles. The SMILES string of the molecule is COc1ccc(NCC#Cc2cnc3[nH]ccc3c2Cl)cc1. The van der Waals surface area contributed by atoms with E-state index in [9.17, 15) is 0 Å². The number of fused-ring (bicyclic) bond motifs is 1. The maximum atomic E-state index is 6.32. The maximum absolute atomic E-state index is 6.32. The van der Waals surface area contributed by atoms with Gasteiger partial charge in [0.1, 0.15) is 11.4 Å². The van der Waals surface area contributed by atoms with Gasteiger partial charge in [-0.3, -0.25) is 0 Å². The number of hydrogen-bond donors (Lipinski definition) is 2. The number of ether oxygens (including phenoxy) is 1. The molecular formula is C17H14ClN3O. The number of aromatic nitrogens is 2. The molecule has 110 valence electrons. The van der Waals surface area contributed by atoms with Crippen LogP contribution in [0, 0.1) is 11.8 Å². The van der Waals surface area contributed by atoms with Crippen molar-refractivity contribution in [3.8, 4) is 17.6 Å². The van der Waals surface area contributed by atoms with Crippen LogP contribution in [0.4, 0.5) is 5.69 Å². The highest BCUT2D eigenvalue weighted by Gasteiger charge is 2.04. The Kier molecular flexibility index (Phi) is 4.17. The van der Waals surface area contributed by atoms with E-state index in [1.807, 2.05) is 36.5 Å². The second-order valence-electron chi connectivity index (χ2n) is 4.61. The summed E-state index contributed by atoms with van der Waals surface area (Å²) in [5.41, 5.74) is 2.48. The van der Waals surface area contributed by atoms with Crippen LogP contribution in [0.15, 0.2) is 42.7 Å². The van der Waals surface area contributed by atoms with Gasteiger partial charge < -0.3 is 15.0 Å². The Morgan fingerprint density at radius 1 is 1.27 bits per heavy atom. The monoisotopic (exact) mass is 311 g/mol. The van der Waals surface area contributed by atoms with Crippen molar-refractivity contribution in [1.29, 1.82) is 0 Å². The molecule has 2 heterocycles. The summed E-state index contributed by atoms with van der Waals surface area (Å²) < 4.78 is 5.11. The molecule has 1 aromatic carbocycles. The van der Waals surface area contributed by atoms with E-state index in [0.717, 1.165) is 28.0 Å². The van der Waals surface area contributed by atoms with E-state index >= 15 is 0 Å². The Morgan fingerprint density at radius 3 is 2.86 bits per heavy atom. The quantitative estimate of drug-likeness (QED) is 0.725. The standard InChI is InChI=1S/C17H14ClN3O/c1-22-14-6-4-13(5-7-14)19-9-2-3-12-11-21-17-15(16(12)18)8-10-20-17/h4-8,10-11,19H,9H2,1H3,(H,20,21). The van der Waals surface area contributed by atoms with Gasteiger partial charge in [0.25, 0.3) is 0 Å². The Morgan fingerprint density at radius 2 is 2.09 bits per heavy atom. The van der Waals surface area contributed by atoms with Crippen molar-refractivity contribution in [2.75, 3.05) is 19.0 Å². The molecule has 0 aliphatic heterocycles. The van der Waals surface area contributed by atoms with Gasteiger partial charge in [-0.25, -0.2) is 4.98 Å². The number of aromatic amines is 1. The molecular weight excluding hydrogens is 298 g/mol. The van der Waals surface area contributed by atoms with Crippen LogP contribution in [-0.2, 0) is 0 Å². The third kappa shape index (κ3) is 3.00. The minimum absolute atomic E-state index is 0.522. The zero-order chi connectivity index (χ0) is 15.4. The predicted octanol–water partition coefficient (Wildman–Crippen LogP) is 3.69. The largest absolute Gasteiger partial charge is 0.497 e. The highest BCUT2D eigenvalue weighted by atomic mass is 35.5. The molecule has 4 nitrogen and oxygen atoms in total. The summed E-state index contributed by atoms with van der Waals surface area (Å²) in [5, 5.41) is 4.73. The number of methoxy groups -OCH3 is 1. The Hall–Kier alpha value is -2.64. The van der Waals surface area contributed by atoms with Gasteiger partial charge in [-0.15, -0.1) is 0 Å². The molecule has 3 aromatic rings. The van der Waals surface area contributed by atoms with Crippen LogP contribution in [0.2, 0.25) is 5.02 Å². The van der Waals surface area contributed by atoms with E-state index in [2.05, 4.69) is 27.1 Å². The number of nitrogens with zero attached hydrogens (tertiary/aromatic N) is 1. The van der Waals surface area contributed by atoms with Crippen molar-refractivity contribution in [2.24, 2.45) is 0 Å². The maximum Gasteiger partial charge on any atom is 0.138 e. The molecule has 0 bridgehead atoms. The molecule has 0 aliphatic carbocycles. The number of nitrogens with one attached hydrogen (secondary N) is 2. The van der Waals surface area contributed by atoms with Crippen LogP contribution >= 0.6 is 11.6 Å². The average molecular weight is 312 g/mol. The first-order valence-corrected chi connectivity index (χ1v) is 7.14. The van der Waals surface area contributed by atoms with Crippen LogP contribution in [0.5, 0.6) is 5.75 Å². The van der Waals surface area contributed by atoms with Gasteiger partial charge in [-0.1, -0.05) is 23.4 Å². The van der Waals surface area contributed by atoms with E-state index in [0.29, 0.717) is 11.6 Å². The van der Waals surface area contributed by atoms with E-state index < -0.39 is 0 Å². The summed E-state index contributed by atoms with van der Waals surface area (Å²) in [6, 6.07) is 9.58. The van der Waals surface area contributed by atoms with Gasteiger partial charge in [-0.05, 0) is 30.3 Å². The van der Waals surface area contributed by atoms with Crippen LogP contribution in [0.1, 0.15) is 5.56 Å². The van der Waals surface area contributed by atoms with Gasteiger partial charge in [0, 0.05) is 23.5 Å². The molecule has 0 aliphatic rings. The molecule has 0 spiro atoms. The van der Waals surface area contributed by atoms with E-state index in [1.54, 1.807) is 13.3 Å². The van der Waals surface area contributed by atoms with Crippen LogP contribution in [-0.4, -0.2) is 23.6 Å². The molecule has 2 aromatic heterocycles. The summed E-state index contributed by atoms with van der Waals surface area (Å²) in [5.74, 6) is 6.92. The van der Waals surface area contributed by atoms with Crippen molar-refractivity contribution in [3.05, 3.63) is 53.3 Å². The summed E-state index contributed by atoms with van der Waals surface area (Å²) in [6.07, 6.45) is 3.49. The first-order chi connectivity index (χ1) is 10.8. The average Bonchev–Trinajstić information content (AvgIpc) is 3.03. The third-order valence-electron chi connectivity index (χ3n) is 3.21. The second kappa shape index (κ2) is 6.42. The Bertz CT molecular complexity index is 844. The predicted molar refractivity (Wildman–Crippen MR) is 89.5 cm³/mol. The molecule has 22 heavy (non-hydrogen) atoms. The number of anilines is 1. The molecule has 0 radical (unpaired) electrons. The minimum Gasteiger partial charge on any atom is -0.497 e. The number of halogens is 1. The van der Waals surface area contributed by atoms with Crippen molar-refractivity contribution in [3.63, 3.8) is 0 Å². The summed E-state index contributed by atoms with van der Waals surface area (Å²) in [6.45, 7) is 0.522. The van der Waals surface area contributed by atoms with Gasteiger partial charge in [0.15, 0.2) is 0 Å². The molecule has 5 heteroatoms. The zero-order valence-electron chi connectivity index (χ0n) is 12.0.